The van der Waals surface area contributed by atoms with Crippen LogP contribution in [0.5, 0.6) is 0 Å². The summed E-state index contributed by atoms with van der Waals surface area (Å²) in [6, 6.07) is 4.23. The molecule has 5 heteroatoms. The van der Waals surface area contributed by atoms with Gasteiger partial charge >= 0.3 is 0 Å². The molecular weight excluding hydrogens is 346 g/mol. The number of aryl methyl sites for hydroxylation is 2. The lowest BCUT2D eigenvalue weighted by Crippen LogP contribution is -2.33. The van der Waals surface area contributed by atoms with Crippen molar-refractivity contribution in [2.75, 3.05) is 5.75 Å². The maximum atomic E-state index is 10.7. The molecular formula is C21H38NO3S+. The van der Waals surface area contributed by atoms with Crippen molar-refractivity contribution in [2.24, 2.45) is 0 Å². The number of aromatic nitrogens is 1. The first-order chi connectivity index (χ1) is 12.5. The van der Waals surface area contributed by atoms with E-state index in [1.165, 1.54) is 76.2 Å². The van der Waals surface area contributed by atoms with Gasteiger partial charge < -0.3 is 0 Å². The van der Waals surface area contributed by atoms with Gasteiger partial charge in [-0.1, -0.05) is 71.1 Å². The van der Waals surface area contributed by atoms with E-state index in [0.29, 0.717) is 13.0 Å². The fourth-order valence-corrected chi connectivity index (χ4v) is 3.72. The summed E-state index contributed by atoms with van der Waals surface area (Å²) >= 11 is 0. The zero-order chi connectivity index (χ0) is 19.1. The molecule has 0 fully saturated rings. The SMILES string of the molecule is CCCCCCCCCCCCCc1cc[n+](CCCS(=O)(=O)O)cc1. The van der Waals surface area contributed by atoms with Crippen LogP contribution < -0.4 is 4.57 Å². The van der Waals surface area contributed by atoms with E-state index in [1.807, 2.05) is 17.0 Å². The Labute approximate surface area is 160 Å². The van der Waals surface area contributed by atoms with Crippen molar-refractivity contribution in [3.63, 3.8) is 0 Å². The van der Waals surface area contributed by atoms with Crippen molar-refractivity contribution >= 4 is 10.1 Å². The number of hydrogen-bond donors (Lipinski definition) is 1. The smallest absolute Gasteiger partial charge is 0.265 e. The highest BCUT2D eigenvalue weighted by Gasteiger charge is 2.07. The third-order valence-corrected chi connectivity index (χ3v) is 5.65. The zero-order valence-electron chi connectivity index (χ0n) is 16.5. The lowest BCUT2D eigenvalue weighted by molar-refractivity contribution is -0.696. The Balaban J connectivity index is 2.00. The minimum atomic E-state index is -3.84. The van der Waals surface area contributed by atoms with E-state index in [9.17, 15) is 8.42 Å². The summed E-state index contributed by atoms with van der Waals surface area (Å²) in [7, 11) is -3.84. The predicted octanol–water partition coefficient (Wildman–Crippen LogP) is 5.11. The third kappa shape index (κ3) is 13.3. The van der Waals surface area contributed by atoms with Crippen LogP contribution in [0.25, 0.3) is 0 Å². The summed E-state index contributed by atoms with van der Waals surface area (Å²) < 4.78 is 32.1. The first-order valence-electron chi connectivity index (χ1n) is 10.4. The van der Waals surface area contributed by atoms with Gasteiger partial charge in [0, 0.05) is 18.6 Å². The average molecular weight is 385 g/mol. The molecule has 1 rings (SSSR count). The Kier molecular flexibility index (Phi) is 12.6. The van der Waals surface area contributed by atoms with Crippen LogP contribution in [0.1, 0.15) is 89.5 Å². The van der Waals surface area contributed by atoms with Crippen molar-refractivity contribution in [3.8, 4) is 0 Å². The normalized spacial score (nSPS) is 11.8. The molecule has 0 aromatic carbocycles. The third-order valence-electron chi connectivity index (χ3n) is 4.85. The minimum Gasteiger partial charge on any atom is -0.286 e. The van der Waals surface area contributed by atoms with Crippen LogP contribution >= 0.6 is 0 Å². The molecule has 0 aliphatic heterocycles. The quantitative estimate of drug-likeness (QED) is 0.245. The standard InChI is InChI=1S/C21H37NO3S/c1-2-3-4-5-6-7-8-9-10-11-12-14-21-15-18-22(19-16-21)17-13-20-26(23,24)25/h15-16,18-19H,2-14,17,20H2,1H3/p+1. The molecule has 1 heterocycles. The van der Waals surface area contributed by atoms with Gasteiger partial charge in [-0.15, -0.1) is 0 Å². The second-order valence-electron chi connectivity index (χ2n) is 7.37. The highest BCUT2D eigenvalue weighted by Crippen LogP contribution is 2.12. The van der Waals surface area contributed by atoms with Crippen molar-refractivity contribution < 1.29 is 17.5 Å². The van der Waals surface area contributed by atoms with E-state index in [-0.39, 0.29) is 5.75 Å². The summed E-state index contributed by atoms with van der Waals surface area (Å²) in [6.45, 7) is 2.87. The Morgan fingerprint density at radius 2 is 1.31 bits per heavy atom. The van der Waals surface area contributed by atoms with E-state index >= 15 is 0 Å². The molecule has 150 valence electrons. The molecule has 0 spiro atoms. The predicted molar refractivity (Wildman–Crippen MR) is 108 cm³/mol. The highest BCUT2D eigenvalue weighted by molar-refractivity contribution is 7.85. The van der Waals surface area contributed by atoms with Gasteiger partial charge in [-0.25, -0.2) is 4.57 Å². The molecule has 0 atom stereocenters. The van der Waals surface area contributed by atoms with Crippen LogP contribution in [0, 0.1) is 0 Å². The lowest BCUT2D eigenvalue weighted by Gasteiger charge is -2.03. The van der Waals surface area contributed by atoms with Crippen molar-refractivity contribution in [1.82, 2.24) is 0 Å². The summed E-state index contributed by atoms with van der Waals surface area (Å²) in [5.74, 6) is -0.180. The number of nitrogens with zero attached hydrogens (tertiary/aromatic N) is 1. The van der Waals surface area contributed by atoms with Crippen LogP contribution in [0.3, 0.4) is 0 Å². The minimum absolute atomic E-state index is 0.180. The van der Waals surface area contributed by atoms with E-state index < -0.39 is 10.1 Å². The summed E-state index contributed by atoms with van der Waals surface area (Å²) in [5.41, 5.74) is 1.34. The largest absolute Gasteiger partial charge is 0.286 e. The van der Waals surface area contributed by atoms with Crippen LogP contribution in [0.15, 0.2) is 24.5 Å². The maximum Gasteiger partial charge on any atom is 0.265 e. The molecule has 26 heavy (non-hydrogen) atoms. The van der Waals surface area contributed by atoms with E-state index in [0.717, 1.165) is 6.42 Å². The maximum absolute atomic E-state index is 10.7. The van der Waals surface area contributed by atoms with Gasteiger partial charge in [-0.3, -0.25) is 4.55 Å². The summed E-state index contributed by atoms with van der Waals surface area (Å²) in [4.78, 5) is 0. The molecule has 1 aromatic heterocycles. The molecule has 0 aliphatic carbocycles. The molecule has 0 saturated carbocycles. The van der Waals surface area contributed by atoms with Gasteiger partial charge in [-0.2, -0.15) is 8.42 Å². The van der Waals surface area contributed by atoms with E-state index in [4.69, 9.17) is 4.55 Å². The first-order valence-corrected chi connectivity index (χ1v) is 12.1. The van der Waals surface area contributed by atoms with Gasteiger partial charge in [0.25, 0.3) is 10.1 Å². The van der Waals surface area contributed by atoms with Gasteiger partial charge in [0.05, 0.1) is 5.75 Å². The van der Waals surface area contributed by atoms with Crippen LogP contribution in [-0.4, -0.2) is 18.7 Å². The molecule has 0 aliphatic rings. The fraction of sp³-hybridized carbons (Fsp3) is 0.762. The van der Waals surface area contributed by atoms with Crippen LogP contribution in [0.4, 0.5) is 0 Å². The molecule has 1 N–H and O–H groups in total. The first kappa shape index (κ1) is 23.1. The number of rotatable bonds is 16. The molecule has 0 radical (unpaired) electrons. The van der Waals surface area contributed by atoms with Crippen LogP contribution in [-0.2, 0) is 23.1 Å². The monoisotopic (exact) mass is 384 g/mol. The van der Waals surface area contributed by atoms with Gasteiger partial charge in [0.1, 0.15) is 6.54 Å². The Hall–Kier alpha value is -0.940. The van der Waals surface area contributed by atoms with Gasteiger partial charge in [0.15, 0.2) is 12.4 Å². The molecule has 0 amide bonds. The van der Waals surface area contributed by atoms with Gasteiger partial charge in [-0.05, 0) is 18.4 Å². The number of pyridine rings is 1. The molecule has 4 nitrogen and oxygen atoms in total. The number of hydrogen-bond acceptors (Lipinski definition) is 2. The lowest BCUT2D eigenvalue weighted by atomic mass is 10.0. The van der Waals surface area contributed by atoms with Crippen molar-refractivity contribution in [2.45, 2.75) is 96.9 Å². The molecule has 0 bridgehead atoms. The Bertz CT molecular complexity index is 555. The second kappa shape index (κ2) is 14.2. The topological polar surface area (TPSA) is 58.2 Å². The van der Waals surface area contributed by atoms with Crippen molar-refractivity contribution in [1.29, 1.82) is 0 Å². The Morgan fingerprint density at radius 1 is 0.808 bits per heavy atom. The van der Waals surface area contributed by atoms with Crippen LogP contribution in [0.2, 0.25) is 0 Å². The molecule has 0 unspecified atom stereocenters. The van der Waals surface area contributed by atoms with E-state index in [2.05, 4.69) is 19.1 Å². The molecule has 0 saturated heterocycles. The summed E-state index contributed by atoms with van der Waals surface area (Å²) in [5, 5.41) is 0. The van der Waals surface area contributed by atoms with Crippen molar-refractivity contribution in [3.05, 3.63) is 30.1 Å². The fourth-order valence-electron chi connectivity index (χ4n) is 3.23. The number of unbranched alkanes of at least 4 members (excludes halogenated alkanes) is 10. The Morgan fingerprint density at radius 3 is 1.81 bits per heavy atom. The average Bonchev–Trinajstić information content (AvgIpc) is 2.60. The van der Waals surface area contributed by atoms with Gasteiger partial charge in [0.2, 0.25) is 0 Å². The molecule has 1 aromatic rings. The van der Waals surface area contributed by atoms with E-state index in [1.54, 1.807) is 0 Å². The zero-order valence-corrected chi connectivity index (χ0v) is 17.4. The summed E-state index contributed by atoms with van der Waals surface area (Å²) in [6.07, 6.45) is 20.6. The second-order valence-corrected chi connectivity index (χ2v) is 8.94. The highest BCUT2D eigenvalue weighted by atomic mass is 32.2.